The molecule has 0 radical (unpaired) electrons. The molecule has 0 spiro atoms. The van der Waals surface area contributed by atoms with E-state index in [1.807, 2.05) is 35.9 Å². The third kappa shape index (κ3) is 2.36. The number of aryl methyl sites for hydroxylation is 1. The number of halogens is 1. The minimum absolute atomic E-state index is 0.426. The zero-order valence-corrected chi connectivity index (χ0v) is 11.8. The number of imidazole rings is 1. The highest BCUT2D eigenvalue weighted by atomic mass is 35.5. The van der Waals surface area contributed by atoms with E-state index in [-0.39, 0.29) is 0 Å². The first-order chi connectivity index (χ1) is 9.15. The van der Waals surface area contributed by atoms with Crippen LogP contribution < -0.4 is 0 Å². The zero-order valence-electron chi connectivity index (χ0n) is 10.2. The summed E-state index contributed by atoms with van der Waals surface area (Å²) < 4.78 is 2.58. The van der Waals surface area contributed by atoms with Crippen LogP contribution in [0.3, 0.4) is 0 Å². The lowest BCUT2D eigenvalue weighted by Gasteiger charge is -2.07. The van der Waals surface area contributed by atoms with Gasteiger partial charge in [0.05, 0.1) is 17.2 Å². The van der Waals surface area contributed by atoms with Crippen molar-refractivity contribution in [1.82, 2.24) is 14.5 Å². The minimum Gasteiger partial charge on any atom is -0.385 e. The molecule has 0 amide bonds. The lowest BCUT2D eigenvalue weighted by atomic mass is 10.2. The molecule has 1 unspecified atom stereocenters. The van der Waals surface area contributed by atoms with Gasteiger partial charge in [0.15, 0.2) is 0 Å². The van der Waals surface area contributed by atoms with Crippen molar-refractivity contribution in [2.45, 2.75) is 12.5 Å². The van der Waals surface area contributed by atoms with Gasteiger partial charge in [0.25, 0.3) is 0 Å². The van der Waals surface area contributed by atoms with Crippen LogP contribution in [-0.4, -0.2) is 19.6 Å². The van der Waals surface area contributed by atoms with Gasteiger partial charge in [0.2, 0.25) is 0 Å². The Balaban J connectivity index is 1.91. The van der Waals surface area contributed by atoms with Crippen molar-refractivity contribution in [3.8, 4) is 0 Å². The summed E-state index contributed by atoms with van der Waals surface area (Å²) in [6.45, 7) is 0. The number of nitrogens with zero attached hydrogens (tertiary/aromatic N) is 3. The molecule has 3 rings (SSSR count). The van der Waals surface area contributed by atoms with Crippen LogP contribution in [0.15, 0.2) is 30.5 Å². The number of fused-ring (bicyclic) bond motifs is 1. The van der Waals surface area contributed by atoms with E-state index in [1.54, 1.807) is 6.20 Å². The number of para-hydroxylation sites is 2. The molecule has 0 aliphatic heterocycles. The average Bonchev–Trinajstić information content (AvgIpc) is 2.96. The molecular formula is C13H12ClN3OS. The van der Waals surface area contributed by atoms with Gasteiger partial charge in [0.1, 0.15) is 21.3 Å². The molecule has 1 aromatic carbocycles. The molecule has 0 saturated heterocycles. The van der Waals surface area contributed by atoms with E-state index in [4.69, 9.17) is 11.6 Å². The maximum absolute atomic E-state index is 10.2. The van der Waals surface area contributed by atoms with Gasteiger partial charge in [0, 0.05) is 13.5 Å². The van der Waals surface area contributed by atoms with Crippen LogP contribution in [0.25, 0.3) is 11.0 Å². The van der Waals surface area contributed by atoms with Crippen molar-refractivity contribution in [2.75, 3.05) is 0 Å². The molecule has 0 saturated carbocycles. The van der Waals surface area contributed by atoms with E-state index < -0.39 is 6.10 Å². The predicted molar refractivity (Wildman–Crippen MR) is 76.5 cm³/mol. The van der Waals surface area contributed by atoms with Crippen LogP contribution in [0.5, 0.6) is 0 Å². The van der Waals surface area contributed by atoms with Gasteiger partial charge in [-0.3, -0.25) is 0 Å². The van der Waals surface area contributed by atoms with Gasteiger partial charge < -0.3 is 9.67 Å². The highest BCUT2D eigenvalue weighted by molar-refractivity contribution is 7.15. The number of benzene rings is 1. The van der Waals surface area contributed by atoms with E-state index in [9.17, 15) is 5.11 Å². The van der Waals surface area contributed by atoms with Crippen molar-refractivity contribution in [3.05, 3.63) is 45.6 Å². The Hall–Kier alpha value is -1.43. The smallest absolute Gasteiger partial charge is 0.123 e. The second-order valence-corrected chi connectivity index (χ2v) is 5.99. The van der Waals surface area contributed by atoms with Crippen molar-refractivity contribution in [3.63, 3.8) is 0 Å². The van der Waals surface area contributed by atoms with Crippen LogP contribution in [0, 0.1) is 0 Å². The highest BCUT2D eigenvalue weighted by Gasteiger charge is 2.16. The number of aromatic nitrogens is 3. The fourth-order valence-electron chi connectivity index (χ4n) is 2.06. The molecule has 0 aliphatic carbocycles. The van der Waals surface area contributed by atoms with Crippen LogP contribution in [0.1, 0.15) is 16.9 Å². The molecule has 0 bridgehead atoms. The van der Waals surface area contributed by atoms with E-state index in [0.717, 1.165) is 16.9 Å². The van der Waals surface area contributed by atoms with Crippen molar-refractivity contribution < 1.29 is 5.11 Å². The number of aliphatic hydroxyl groups is 1. The lowest BCUT2D eigenvalue weighted by molar-refractivity contribution is 0.174. The third-order valence-electron chi connectivity index (χ3n) is 3.04. The first-order valence-electron chi connectivity index (χ1n) is 5.85. The Kier molecular flexibility index (Phi) is 3.26. The van der Waals surface area contributed by atoms with Gasteiger partial charge in [-0.15, -0.1) is 11.3 Å². The number of hydrogen-bond donors (Lipinski definition) is 1. The second kappa shape index (κ2) is 4.92. The van der Waals surface area contributed by atoms with Crippen LogP contribution in [-0.2, 0) is 13.5 Å². The number of hydrogen-bond acceptors (Lipinski definition) is 4. The quantitative estimate of drug-likeness (QED) is 0.808. The van der Waals surface area contributed by atoms with Gasteiger partial charge in [-0.2, -0.15) is 0 Å². The molecule has 0 aliphatic rings. The highest BCUT2D eigenvalue weighted by Crippen LogP contribution is 2.26. The first kappa shape index (κ1) is 12.6. The summed E-state index contributed by atoms with van der Waals surface area (Å²) in [7, 11) is 1.95. The Labute approximate surface area is 119 Å². The summed E-state index contributed by atoms with van der Waals surface area (Å²) in [5, 5.41) is 10.8. The summed E-state index contributed by atoms with van der Waals surface area (Å²) >= 11 is 7.12. The van der Waals surface area contributed by atoms with Gasteiger partial charge in [-0.1, -0.05) is 23.7 Å². The first-order valence-corrected chi connectivity index (χ1v) is 7.04. The van der Waals surface area contributed by atoms with Gasteiger partial charge in [-0.05, 0) is 12.1 Å². The minimum atomic E-state index is -0.673. The maximum atomic E-state index is 10.2. The number of aliphatic hydroxyl groups excluding tert-OH is 1. The molecule has 98 valence electrons. The number of thiazole rings is 1. The Bertz CT molecular complexity index is 722. The zero-order chi connectivity index (χ0) is 13.4. The van der Waals surface area contributed by atoms with Crippen LogP contribution in [0.2, 0.25) is 4.34 Å². The van der Waals surface area contributed by atoms with E-state index in [2.05, 4.69) is 9.97 Å². The summed E-state index contributed by atoms with van der Waals surface area (Å²) in [6.07, 6.45) is 1.31. The fraction of sp³-hybridized carbons (Fsp3) is 0.231. The van der Waals surface area contributed by atoms with E-state index in [0.29, 0.717) is 15.8 Å². The molecule has 2 aromatic heterocycles. The Morgan fingerprint density at radius 3 is 2.89 bits per heavy atom. The SMILES string of the molecule is Cn1c(CC(O)c2ncc(Cl)s2)nc2ccccc21. The van der Waals surface area contributed by atoms with Crippen LogP contribution in [0.4, 0.5) is 0 Å². The monoisotopic (exact) mass is 293 g/mol. The van der Waals surface area contributed by atoms with Crippen LogP contribution >= 0.6 is 22.9 Å². The topological polar surface area (TPSA) is 50.9 Å². The summed E-state index contributed by atoms with van der Waals surface area (Å²) in [4.78, 5) is 8.63. The second-order valence-electron chi connectivity index (χ2n) is 4.30. The molecule has 1 atom stereocenters. The molecule has 6 heteroatoms. The average molecular weight is 294 g/mol. The molecule has 4 nitrogen and oxygen atoms in total. The largest absolute Gasteiger partial charge is 0.385 e. The molecule has 0 fully saturated rings. The summed E-state index contributed by atoms with van der Waals surface area (Å²) in [6, 6.07) is 7.91. The van der Waals surface area contributed by atoms with Gasteiger partial charge in [-0.25, -0.2) is 9.97 Å². The fourth-order valence-corrected chi connectivity index (χ4v) is 2.98. The molecule has 1 N–H and O–H groups in total. The molecule has 3 aromatic rings. The Morgan fingerprint density at radius 2 is 2.21 bits per heavy atom. The van der Waals surface area contributed by atoms with Crippen molar-refractivity contribution >= 4 is 34.0 Å². The Morgan fingerprint density at radius 1 is 1.42 bits per heavy atom. The lowest BCUT2D eigenvalue weighted by Crippen LogP contribution is -2.06. The van der Waals surface area contributed by atoms with E-state index in [1.165, 1.54) is 11.3 Å². The van der Waals surface area contributed by atoms with E-state index >= 15 is 0 Å². The van der Waals surface area contributed by atoms with Gasteiger partial charge >= 0.3 is 0 Å². The summed E-state index contributed by atoms with van der Waals surface area (Å²) in [5.41, 5.74) is 1.99. The maximum Gasteiger partial charge on any atom is 0.123 e. The molecule has 2 heterocycles. The molecule has 19 heavy (non-hydrogen) atoms. The molecular weight excluding hydrogens is 282 g/mol. The third-order valence-corrected chi connectivity index (χ3v) is 4.25. The predicted octanol–water partition coefficient (Wildman–Crippen LogP) is 2.96. The summed E-state index contributed by atoms with van der Waals surface area (Å²) in [5.74, 6) is 0.833. The standard InChI is InChI=1S/C13H12ClN3OS/c1-17-9-5-3-2-4-8(9)16-12(17)6-10(18)13-15-7-11(14)19-13/h2-5,7,10,18H,6H2,1H3. The van der Waals surface area contributed by atoms with Crippen molar-refractivity contribution in [1.29, 1.82) is 0 Å². The number of rotatable bonds is 3. The normalized spacial score (nSPS) is 13.0. The van der Waals surface area contributed by atoms with Crippen molar-refractivity contribution in [2.24, 2.45) is 7.05 Å².